The maximum atomic E-state index is 12.0. The fraction of sp³-hybridized carbons (Fsp3) is 0.421. The van der Waals surface area contributed by atoms with Crippen LogP contribution in [0, 0.1) is 13.8 Å². The maximum absolute atomic E-state index is 12.0. The molecular weight excluding hydrogens is 332 g/mol. The van der Waals surface area contributed by atoms with Crippen LogP contribution >= 0.6 is 0 Å². The van der Waals surface area contributed by atoms with Gasteiger partial charge in [0.1, 0.15) is 0 Å². The highest BCUT2D eigenvalue weighted by atomic mass is 16.5. The minimum absolute atomic E-state index is 0.153. The molecule has 26 heavy (non-hydrogen) atoms. The molecule has 0 aliphatic heterocycles. The van der Waals surface area contributed by atoms with Crippen molar-refractivity contribution in [3.8, 4) is 5.69 Å². The van der Waals surface area contributed by atoms with Crippen LogP contribution in [0.3, 0.4) is 0 Å². The summed E-state index contributed by atoms with van der Waals surface area (Å²) in [5.74, 6) is -0.323. The van der Waals surface area contributed by atoms with E-state index in [1.807, 2.05) is 49.7 Å². The highest BCUT2D eigenvalue weighted by Crippen LogP contribution is 2.21. The first-order valence-corrected chi connectivity index (χ1v) is 8.74. The highest BCUT2D eigenvalue weighted by Gasteiger charge is 2.17. The number of nitrogens with one attached hydrogen (secondary N) is 2. The molecule has 140 valence electrons. The Balaban J connectivity index is 1.96. The average Bonchev–Trinajstić information content (AvgIpc) is 2.97. The van der Waals surface area contributed by atoms with Gasteiger partial charge in [0.05, 0.1) is 31.0 Å². The number of rotatable bonds is 7. The van der Waals surface area contributed by atoms with E-state index in [0.717, 1.165) is 22.5 Å². The Bertz CT molecular complexity index is 770. The van der Waals surface area contributed by atoms with E-state index in [1.54, 1.807) is 13.1 Å². The molecule has 1 aromatic heterocycles. The van der Waals surface area contributed by atoms with Gasteiger partial charge in [-0.15, -0.1) is 0 Å². The summed E-state index contributed by atoms with van der Waals surface area (Å²) in [5.41, 5.74) is 4.05. The molecule has 0 radical (unpaired) electrons. The van der Waals surface area contributed by atoms with Crippen molar-refractivity contribution in [1.29, 1.82) is 0 Å². The van der Waals surface area contributed by atoms with Crippen LogP contribution in [0.15, 0.2) is 30.5 Å². The standard InChI is InChI=1S/C19H26N4O3/c1-5-26-18(24)10-11-20-19(25)22-14(3)16-12-21-23(15(16)4)17-9-7-6-8-13(17)2/h6-9,12,14H,5,10-11H2,1-4H3,(H2,20,22,25)/t14-/m1/s1. The number of ether oxygens (including phenoxy) is 1. The second kappa shape index (κ2) is 9.03. The van der Waals surface area contributed by atoms with Gasteiger partial charge in [-0.25, -0.2) is 9.48 Å². The fourth-order valence-electron chi connectivity index (χ4n) is 2.73. The quantitative estimate of drug-likeness (QED) is 0.745. The Hall–Kier alpha value is -2.83. The molecule has 0 aliphatic rings. The van der Waals surface area contributed by atoms with Gasteiger partial charge < -0.3 is 15.4 Å². The number of hydrogen-bond acceptors (Lipinski definition) is 4. The predicted octanol–water partition coefficient (Wildman–Crippen LogP) is 2.80. The molecule has 1 heterocycles. The molecule has 0 spiro atoms. The Morgan fingerprint density at radius 3 is 2.69 bits per heavy atom. The van der Waals surface area contributed by atoms with E-state index >= 15 is 0 Å². The zero-order valence-corrected chi connectivity index (χ0v) is 15.7. The van der Waals surface area contributed by atoms with Crippen LogP contribution in [0.4, 0.5) is 4.79 Å². The lowest BCUT2D eigenvalue weighted by molar-refractivity contribution is -0.142. The number of amides is 2. The molecule has 0 saturated heterocycles. The number of benzene rings is 1. The summed E-state index contributed by atoms with van der Waals surface area (Å²) in [4.78, 5) is 23.3. The summed E-state index contributed by atoms with van der Waals surface area (Å²) in [6, 6.07) is 7.47. The lowest BCUT2D eigenvalue weighted by atomic mass is 10.1. The van der Waals surface area contributed by atoms with Gasteiger partial charge in [0, 0.05) is 17.8 Å². The van der Waals surface area contributed by atoms with Crippen molar-refractivity contribution in [2.24, 2.45) is 0 Å². The number of urea groups is 1. The Kier molecular flexibility index (Phi) is 6.77. The Morgan fingerprint density at radius 1 is 1.27 bits per heavy atom. The summed E-state index contributed by atoms with van der Waals surface area (Å²) in [6.07, 6.45) is 1.92. The molecule has 2 rings (SSSR count). The van der Waals surface area contributed by atoms with Crippen LogP contribution in [0.25, 0.3) is 5.69 Å². The van der Waals surface area contributed by atoms with Gasteiger partial charge in [0.15, 0.2) is 0 Å². The van der Waals surface area contributed by atoms with E-state index in [2.05, 4.69) is 15.7 Å². The Morgan fingerprint density at radius 2 is 2.00 bits per heavy atom. The third-order valence-corrected chi connectivity index (χ3v) is 4.13. The zero-order chi connectivity index (χ0) is 19.1. The van der Waals surface area contributed by atoms with Gasteiger partial charge in [0.25, 0.3) is 0 Å². The second-order valence-corrected chi connectivity index (χ2v) is 6.06. The topological polar surface area (TPSA) is 85.2 Å². The number of esters is 1. The summed E-state index contributed by atoms with van der Waals surface area (Å²) >= 11 is 0. The summed E-state index contributed by atoms with van der Waals surface area (Å²) in [5, 5.41) is 9.99. The van der Waals surface area contributed by atoms with Crippen LogP contribution in [-0.4, -0.2) is 34.9 Å². The maximum Gasteiger partial charge on any atom is 0.315 e. The third-order valence-electron chi connectivity index (χ3n) is 4.13. The molecule has 2 amide bonds. The Labute approximate surface area is 153 Å². The summed E-state index contributed by atoms with van der Waals surface area (Å²) in [7, 11) is 0. The second-order valence-electron chi connectivity index (χ2n) is 6.06. The lowest BCUT2D eigenvalue weighted by Crippen LogP contribution is -2.38. The molecule has 7 heteroatoms. The third kappa shape index (κ3) is 4.84. The van der Waals surface area contributed by atoms with Crippen LogP contribution < -0.4 is 10.6 Å². The first kappa shape index (κ1) is 19.5. The zero-order valence-electron chi connectivity index (χ0n) is 15.7. The van der Waals surface area contributed by atoms with Gasteiger partial charge in [0.2, 0.25) is 0 Å². The van der Waals surface area contributed by atoms with Crippen molar-refractivity contribution < 1.29 is 14.3 Å². The molecule has 2 N–H and O–H groups in total. The van der Waals surface area contributed by atoms with Crippen molar-refractivity contribution in [2.75, 3.05) is 13.2 Å². The smallest absolute Gasteiger partial charge is 0.315 e. The van der Waals surface area contributed by atoms with E-state index in [9.17, 15) is 9.59 Å². The minimum atomic E-state index is -0.329. The number of hydrogen-bond donors (Lipinski definition) is 2. The number of carbonyl (C=O) groups excluding carboxylic acids is 2. The van der Waals surface area contributed by atoms with Crippen molar-refractivity contribution >= 4 is 12.0 Å². The van der Waals surface area contributed by atoms with Gasteiger partial charge in [-0.1, -0.05) is 18.2 Å². The first-order chi connectivity index (χ1) is 12.4. The van der Waals surface area contributed by atoms with Crippen molar-refractivity contribution in [2.45, 2.75) is 40.2 Å². The van der Waals surface area contributed by atoms with E-state index < -0.39 is 0 Å². The number of aryl methyl sites for hydroxylation is 1. The fourth-order valence-corrected chi connectivity index (χ4v) is 2.73. The highest BCUT2D eigenvalue weighted by molar-refractivity contribution is 5.75. The molecule has 0 saturated carbocycles. The van der Waals surface area contributed by atoms with Gasteiger partial charge >= 0.3 is 12.0 Å². The molecule has 7 nitrogen and oxygen atoms in total. The van der Waals surface area contributed by atoms with Crippen LogP contribution in [-0.2, 0) is 9.53 Å². The largest absolute Gasteiger partial charge is 0.466 e. The summed E-state index contributed by atoms with van der Waals surface area (Å²) in [6.45, 7) is 8.24. The van der Waals surface area contributed by atoms with Crippen LogP contribution in [0.2, 0.25) is 0 Å². The van der Waals surface area contributed by atoms with E-state index in [-0.39, 0.29) is 31.0 Å². The monoisotopic (exact) mass is 358 g/mol. The number of carbonyl (C=O) groups is 2. The van der Waals surface area contributed by atoms with Crippen molar-refractivity contribution in [1.82, 2.24) is 20.4 Å². The van der Waals surface area contributed by atoms with Crippen molar-refractivity contribution in [3.63, 3.8) is 0 Å². The predicted molar refractivity (Wildman–Crippen MR) is 99.2 cm³/mol. The van der Waals surface area contributed by atoms with Gasteiger partial charge in [-0.3, -0.25) is 4.79 Å². The summed E-state index contributed by atoms with van der Waals surface area (Å²) < 4.78 is 6.70. The molecule has 1 aromatic carbocycles. The molecule has 0 fully saturated rings. The molecule has 1 atom stereocenters. The van der Waals surface area contributed by atoms with Gasteiger partial charge in [-0.05, 0) is 39.3 Å². The first-order valence-electron chi connectivity index (χ1n) is 8.74. The molecule has 0 bridgehead atoms. The SMILES string of the molecule is CCOC(=O)CCNC(=O)N[C@H](C)c1cnn(-c2ccccc2C)c1C. The van der Waals surface area contributed by atoms with E-state index in [1.165, 1.54) is 0 Å². The van der Waals surface area contributed by atoms with Gasteiger partial charge in [-0.2, -0.15) is 5.10 Å². The van der Waals surface area contributed by atoms with Crippen LogP contribution in [0.5, 0.6) is 0 Å². The molecule has 0 unspecified atom stereocenters. The normalized spacial score (nSPS) is 11.7. The molecule has 0 aliphatic carbocycles. The van der Waals surface area contributed by atoms with E-state index in [0.29, 0.717) is 6.61 Å². The average molecular weight is 358 g/mol. The lowest BCUT2D eigenvalue weighted by Gasteiger charge is -2.15. The number of para-hydroxylation sites is 1. The molecular formula is C19H26N4O3. The van der Waals surface area contributed by atoms with Crippen LogP contribution in [0.1, 0.15) is 43.1 Å². The molecule has 2 aromatic rings. The van der Waals surface area contributed by atoms with E-state index in [4.69, 9.17) is 4.74 Å². The van der Waals surface area contributed by atoms with Crippen molar-refractivity contribution in [3.05, 3.63) is 47.3 Å². The number of aromatic nitrogens is 2. The number of nitrogens with zero attached hydrogens (tertiary/aromatic N) is 2. The minimum Gasteiger partial charge on any atom is -0.466 e.